The van der Waals surface area contributed by atoms with E-state index in [1.54, 1.807) is 18.2 Å². The molecule has 0 saturated heterocycles. The van der Waals surface area contributed by atoms with Crippen LogP contribution in [0.3, 0.4) is 0 Å². The number of nitrogens with one attached hydrogen (secondary N) is 1. The van der Waals surface area contributed by atoms with Crippen LogP contribution in [0.1, 0.15) is 21.5 Å². The maximum atomic E-state index is 14.1. The Labute approximate surface area is 124 Å². The topological polar surface area (TPSA) is 32.9 Å². The molecule has 0 spiro atoms. The van der Waals surface area contributed by atoms with Gasteiger partial charge in [0.25, 0.3) is 0 Å². The number of para-hydroxylation sites is 1. The van der Waals surface area contributed by atoms with Crippen LogP contribution in [-0.2, 0) is 0 Å². The minimum atomic E-state index is -0.875. The molecule has 0 aliphatic carbocycles. The van der Waals surface area contributed by atoms with Gasteiger partial charge < -0.3 is 4.98 Å². The number of aryl methyl sites for hydroxylation is 1. The molecule has 0 atom stereocenters. The monoisotopic (exact) mass is 305 g/mol. The number of rotatable bonds is 2. The second-order valence-electron chi connectivity index (χ2n) is 4.75. The Bertz CT molecular complexity index is 870. The highest BCUT2D eigenvalue weighted by Gasteiger charge is 2.23. The number of carbonyl (C=O) groups is 1. The standard InChI is InChI=1S/C16H10ClF2NO/c1-8-5-6-12(18)13(14(8)19)16(21)10-7-20-15-9(10)3-2-4-11(15)17/h2-7,20H,1H3. The quantitative estimate of drug-likeness (QED) is 0.687. The second-order valence-corrected chi connectivity index (χ2v) is 5.15. The van der Waals surface area contributed by atoms with E-state index in [4.69, 9.17) is 11.6 Å². The summed E-state index contributed by atoms with van der Waals surface area (Å²) in [6, 6.07) is 7.41. The summed E-state index contributed by atoms with van der Waals surface area (Å²) in [4.78, 5) is 15.3. The molecule has 0 aliphatic heterocycles. The third-order valence-electron chi connectivity index (χ3n) is 3.42. The molecular formula is C16H10ClF2NO. The molecular weight excluding hydrogens is 296 g/mol. The lowest BCUT2D eigenvalue weighted by molar-refractivity contribution is 0.103. The molecule has 0 fully saturated rings. The van der Waals surface area contributed by atoms with E-state index in [0.29, 0.717) is 15.9 Å². The average molecular weight is 306 g/mol. The van der Waals surface area contributed by atoms with Gasteiger partial charge in [-0.1, -0.05) is 29.8 Å². The molecule has 0 amide bonds. The van der Waals surface area contributed by atoms with Crippen LogP contribution in [0.2, 0.25) is 5.02 Å². The van der Waals surface area contributed by atoms with Crippen molar-refractivity contribution in [1.82, 2.24) is 4.98 Å². The summed E-state index contributed by atoms with van der Waals surface area (Å²) in [5.41, 5.74) is 0.431. The van der Waals surface area contributed by atoms with E-state index in [1.807, 2.05) is 0 Å². The first-order valence-electron chi connectivity index (χ1n) is 6.25. The molecule has 0 bridgehead atoms. The molecule has 1 heterocycles. The summed E-state index contributed by atoms with van der Waals surface area (Å²) >= 11 is 6.02. The van der Waals surface area contributed by atoms with Gasteiger partial charge in [-0.15, -0.1) is 0 Å². The second kappa shape index (κ2) is 4.97. The molecule has 1 N–H and O–H groups in total. The highest BCUT2D eigenvalue weighted by Crippen LogP contribution is 2.28. The van der Waals surface area contributed by atoms with E-state index < -0.39 is 23.0 Å². The van der Waals surface area contributed by atoms with Crippen molar-refractivity contribution in [2.24, 2.45) is 0 Å². The van der Waals surface area contributed by atoms with Gasteiger partial charge in [-0.3, -0.25) is 4.79 Å². The van der Waals surface area contributed by atoms with Crippen molar-refractivity contribution in [1.29, 1.82) is 0 Å². The lowest BCUT2D eigenvalue weighted by atomic mass is 10.00. The van der Waals surface area contributed by atoms with Gasteiger partial charge >= 0.3 is 0 Å². The predicted octanol–water partition coefficient (Wildman–Crippen LogP) is 4.64. The molecule has 3 rings (SSSR count). The van der Waals surface area contributed by atoms with Crippen molar-refractivity contribution in [2.45, 2.75) is 6.92 Å². The lowest BCUT2D eigenvalue weighted by Gasteiger charge is -2.06. The first-order valence-corrected chi connectivity index (χ1v) is 6.63. The Balaban J connectivity index is 2.23. The summed E-state index contributed by atoms with van der Waals surface area (Å²) in [5.74, 6) is -2.42. The molecule has 0 radical (unpaired) electrons. The van der Waals surface area contributed by atoms with Gasteiger partial charge in [0.05, 0.1) is 16.1 Å². The molecule has 106 valence electrons. The van der Waals surface area contributed by atoms with Crippen molar-refractivity contribution >= 4 is 28.3 Å². The van der Waals surface area contributed by atoms with Gasteiger partial charge in [0.2, 0.25) is 5.78 Å². The number of aromatic amines is 1. The zero-order valence-electron chi connectivity index (χ0n) is 11.0. The predicted molar refractivity (Wildman–Crippen MR) is 77.8 cm³/mol. The lowest BCUT2D eigenvalue weighted by Crippen LogP contribution is -2.08. The van der Waals surface area contributed by atoms with E-state index in [2.05, 4.69) is 4.98 Å². The maximum absolute atomic E-state index is 14.1. The Kier molecular flexibility index (Phi) is 3.26. The van der Waals surface area contributed by atoms with E-state index in [1.165, 1.54) is 19.2 Å². The molecule has 2 aromatic carbocycles. The Morgan fingerprint density at radius 1 is 1.19 bits per heavy atom. The van der Waals surface area contributed by atoms with E-state index in [9.17, 15) is 13.6 Å². The first-order chi connectivity index (χ1) is 10.0. The number of fused-ring (bicyclic) bond motifs is 1. The summed E-state index contributed by atoms with van der Waals surface area (Å²) in [5, 5.41) is 0.976. The van der Waals surface area contributed by atoms with Crippen LogP contribution in [0.15, 0.2) is 36.5 Å². The smallest absolute Gasteiger partial charge is 0.201 e. The zero-order chi connectivity index (χ0) is 15.1. The Hall–Kier alpha value is -2.20. The van der Waals surface area contributed by atoms with Crippen LogP contribution in [-0.4, -0.2) is 10.8 Å². The number of carbonyl (C=O) groups excluding carboxylic acids is 1. The van der Waals surface area contributed by atoms with Crippen molar-refractivity contribution in [2.75, 3.05) is 0 Å². The van der Waals surface area contributed by atoms with Crippen LogP contribution in [0.25, 0.3) is 10.9 Å². The summed E-state index contributed by atoms with van der Waals surface area (Å²) in [6.45, 7) is 1.48. The van der Waals surface area contributed by atoms with Crippen molar-refractivity contribution in [3.8, 4) is 0 Å². The van der Waals surface area contributed by atoms with E-state index in [-0.39, 0.29) is 11.1 Å². The van der Waals surface area contributed by atoms with Gasteiger partial charge in [-0.25, -0.2) is 8.78 Å². The average Bonchev–Trinajstić information content (AvgIpc) is 2.88. The van der Waals surface area contributed by atoms with Crippen LogP contribution >= 0.6 is 11.6 Å². The maximum Gasteiger partial charge on any atom is 0.201 e. The number of H-pyrrole nitrogens is 1. The van der Waals surface area contributed by atoms with Crippen molar-refractivity contribution in [3.63, 3.8) is 0 Å². The SMILES string of the molecule is Cc1ccc(F)c(C(=O)c2c[nH]c3c(Cl)cccc23)c1F. The third kappa shape index (κ3) is 2.12. The van der Waals surface area contributed by atoms with Gasteiger partial charge in [0.1, 0.15) is 11.6 Å². The highest BCUT2D eigenvalue weighted by atomic mass is 35.5. The fourth-order valence-electron chi connectivity index (χ4n) is 2.30. The van der Waals surface area contributed by atoms with Crippen LogP contribution in [0.5, 0.6) is 0 Å². The summed E-state index contributed by atoms with van der Waals surface area (Å²) in [7, 11) is 0. The van der Waals surface area contributed by atoms with Gasteiger partial charge in [0.15, 0.2) is 0 Å². The van der Waals surface area contributed by atoms with E-state index >= 15 is 0 Å². The summed E-state index contributed by atoms with van der Waals surface area (Å²) in [6.07, 6.45) is 1.42. The Morgan fingerprint density at radius 2 is 1.95 bits per heavy atom. The van der Waals surface area contributed by atoms with E-state index in [0.717, 1.165) is 6.07 Å². The fraction of sp³-hybridized carbons (Fsp3) is 0.0625. The number of aromatic nitrogens is 1. The largest absolute Gasteiger partial charge is 0.359 e. The molecule has 0 unspecified atom stereocenters. The minimum Gasteiger partial charge on any atom is -0.359 e. The first kappa shape index (κ1) is 13.8. The van der Waals surface area contributed by atoms with Crippen LogP contribution in [0, 0.1) is 18.6 Å². The molecule has 5 heteroatoms. The van der Waals surface area contributed by atoms with Gasteiger partial charge in [-0.2, -0.15) is 0 Å². The molecule has 0 saturated carbocycles. The minimum absolute atomic E-state index is 0.191. The number of ketones is 1. The molecule has 21 heavy (non-hydrogen) atoms. The van der Waals surface area contributed by atoms with Crippen LogP contribution in [0.4, 0.5) is 8.78 Å². The normalized spacial score (nSPS) is 11.0. The van der Waals surface area contributed by atoms with Gasteiger partial charge in [-0.05, 0) is 24.6 Å². The fourth-order valence-corrected chi connectivity index (χ4v) is 2.53. The molecule has 0 aliphatic rings. The zero-order valence-corrected chi connectivity index (χ0v) is 11.8. The van der Waals surface area contributed by atoms with Crippen molar-refractivity contribution < 1.29 is 13.6 Å². The van der Waals surface area contributed by atoms with Crippen molar-refractivity contribution in [3.05, 3.63) is 69.9 Å². The number of hydrogen-bond donors (Lipinski definition) is 1. The number of hydrogen-bond acceptors (Lipinski definition) is 1. The molecule has 1 aromatic heterocycles. The molecule has 3 aromatic rings. The summed E-state index contributed by atoms with van der Waals surface area (Å²) < 4.78 is 27.9. The number of benzene rings is 2. The van der Waals surface area contributed by atoms with Crippen LogP contribution < -0.4 is 0 Å². The highest BCUT2D eigenvalue weighted by molar-refractivity contribution is 6.35. The van der Waals surface area contributed by atoms with Gasteiger partial charge in [0, 0.05) is 17.1 Å². The molecule has 2 nitrogen and oxygen atoms in total. The number of halogens is 3. The third-order valence-corrected chi connectivity index (χ3v) is 3.74. The Morgan fingerprint density at radius 3 is 2.71 bits per heavy atom.